The van der Waals surface area contributed by atoms with E-state index in [2.05, 4.69) is 15.3 Å². The molecule has 0 unspecified atom stereocenters. The highest BCUT2D eigenvalue weighted by Gasteiger charge is 2.26. The Balaban J connectivity index is 2.08. The predicted octanol–water partition coefficient (Wildman–Crippen LogP) is 1.67. The predicted molar refractivity (Wildman–Crippen MR) is 78.2 cm³/mol. The van der Waals surface area contributed by atoms with Crippen LogP contribution in [0.25, 0.3) is 0 Å². The number of methoxy groups -OCH3 is 3. The molecule has 0 amide bonds. The smallest absolute Gasteiger partial charge is 0.203 e. The molecule has 1 aromatic heterocycles. The second kappa shape index (κ2) is 5.65. The first-order valence-electron chi connectivity index (χ1n) is 6.84. The van der Waals surface area contributed by atoms with E-state index < -0.39 is 0 Å². The van der Waals surface area contributed by atoms with Crippen LogP contribution in [0.15, 0.2) is 18.5 Å². The van der Waals surface area contributed by atoms with Gasteiger partial charge in [-0.2, -0.15) is 0 Å². The van der Waals surface area contributed by atoms with Crippen molar-refractivity contribution in [1.82, 2.24) is 15.3 Å². The summed E-state index contributed by atoms with van der Waals surface area (Å²) < 4.78 is 16.2. The number of benzene rings is 1. The van der Waals surface area contributed by atoms with Gasteiger partial charge in [0.1, 0.15) is 0 Å². The second-order valence-corrected chi connectivity index (χ2v) is 4.86. The summed E-state index contributed by atoms with van der Waals surface area (Å²) in [5, 5.41) is 3.48. The summed E-state index contributed by atoms with van der Waals surface area (Å²) in [4.78, 5) is 7.64. The Bertz CT molecular complexity index is 614. The van der Waals surface area contributed by atoms with Crippen molar-refractivity contribution >= 4 is 0 Å². The van der Waals surface area contributed by atoms with Crippen molar-refractivity contribution in [2.24, 2.45) is 0 Å². The fourth-order valence-corrected chi connectivity index (χ4v) is 2.76. The molecular formula is C15H19N3O3. The molecule has 0 bridgehead atoms. The van der Waals surface area contributed by atoms with Crippen LogP contribution in [0.4, 0.5) is 0 Å². The molecule has 1 atom stereocenters. The minimum Gasteiger partial charge on any atom is -0.493 e. The average molecular weight is 289 g/mol. The van der Waals surface area contributed by atoms with Crippen LogP contribution in [0.5, 0.6) is 17.2 Å². The van der Waals surface area contributed by atoms with E-state index in [0.29, 0.717) is 17.2 Å². The Kier molecular flexibility index (Phi) is 3.70. The number of nitrogens with one attached hydrogen (secondary N) is 2. The highest BCUT2D eigenvalue weighted by Crippen LogP contribution is 2.41. The first kappa shape index (κ1) is 13.8. The standard InChI is InChI=1S/C15H19N3O3/c1-19-11-6-9(7-12(20-2)15(11)21-3)13-14-10(4-5-16-13)17-8-18-14/h6-8,13,16H,4-5H2,1-3H3,(H,17,18)/t13-/m1/s1. The van der Waals surface area contributed by atoms with E-state index >= 15 is 0 Å². The van der Waals surface area contributed by atoms with Gasteiger partial charge in [-0.3, -0.25) is 0 Å². The minimum atomic E-state index is 0.0220. The number of H-pyrrole nitrogens is 1. The van der Waals surface area contributed by atoms with Gasteiger partial charge in [-0.25, -0.2) is 4.98 Å². The first-order chi connectivity index (χ1) is 10.3. The Labute approximate surface area is 123 Å². The summed E-state index contributed by atoms with van der Waals surface area (Å²) in [5.41, 5.74) is 3.24. The number of imidazole rings is 1. The van der Waals surface area contributed by atoms with Crippen LogP contribution in [-0.4, -0.2) is 37.8 Å². The van der Waals surface area contributed by atoms with Crippen molar-refractivity contribution in [3.63, 3.8) is 0 Å². The van der Waals surface area contributed by atoms with Gasteiger partial charge in [0.25, 0.3) is 0 Å². The SMILES string of the molecule is COc1cc([C@H]2NCCc3[nH]cnc32)cc(OC)c1OC. The maximum atomic E-state index is 5.42. The summed E-state index contributed by atoms with van der Waals surface area (Å²) in [6.07, 6.45) is 2.69. The van der Waals surface area contributed by atoms with Crippen LogP contribution in [0, 0.1) is 0 Å². The van der Waals surface area contributed by atoms with E-state index in [1.165, 1.54) is 5.69 Å². The van der Waals surface area contributed by atoms with Crippen LogP contribution in [0.2, 0.25) is 0 Å². The third-order valence-corrected chi connectivity index (χ3v) is 3.77. The molecule has 3 rings (SSSR count). The van der Waals surface area contributed by atoms with Gasteiger partial charge in [-0.1, -0.05) is 0 Å². The van der Waals surface area contributed by atoms with Gasteiger partial charge < -0.3 is 24.5 Å². The van der Waals surface area contributed by atoms with Crippen molar-refractivity contribution in [2.75, 3.05) is 27.9 Å². The van der Waals surface area contributed by atoms with Crippen molar-refractivity contribution in [1.29, 1.82) is 0 Å². The van der Waals surface area contributed by atoms with E-state index in [1.54, 1.807) is 27.7 Å². The molecule has 0 saturated carbocycles. The highest BCUT2D eigenvalue weighted by atomic mass is 16.5. The topological polar surface area (TPSA) is 68.4 Å². The number of rotatable bonds is 4. The lowest BCUT2D eigenvalue weighted by Gasteiger charge is -2.24. The molecule has 0 fully saturated rings. The molecule has 2 heterocycles. The molecule has 0 saturated heterocycles. The highest BCUT2D eigenvalue weighted by molar-refractivity contribution is 5.55. The normalized spacial score (nSPS) is 17.2. The maximum Gasteiger partial charge on any atom is 0.203 e. The zero-order valence-corrected chi connectivity index (χ0v) is 12.4. The molecule has 1 aliphatic rings. The molecule has 0 spiro atoms. The zero-order chi connectivity index (χ0) is 14.8. The van der Waals surface area contributed by atoms with E-state index in [0.717, 1.165) is 24.2 Å². The third kappa shape index (κ3) is 2.31. The number of hydrogen-bond donors (Lipinski definition) is 2. The molecule has 21 heavy (non-hydrogen) atoms. The quantitative estimate of drug-likeness (QED) is 0.896. The van der Waals surface area contributed by atoms with Crippen LogP contribution >= 0.6 is 0 Å². The fourth-order valence-electron chi connectivity index (χ4n) is 2.76. The molecule has 6 nitrogen and oxygen atoms in total. The minimum absolute atomic E-state index is 0.0220. The van der Waals surface area contributed by atoms with Crippen molar-refractivity contribution < 1.29 is 14.2 Å². The number of hydrogen-bond acceptors (Lipinski definition) is 5. The summed E-state index contributed by atoms with van der Waals surface area (Å²) >= 11 is 0. The molecule has 2 aromatic rings. The lowest BCUT2D eigenvalue weighted by Crippen LogP contribution is -2.30. The van der Waals surface area contributed by atoms with Gasteiger partial charge in [0.2, 0.25) is 5.75 Å². The van der Waals surface area contributed by atoms with Crippen LogP contribution in [0.1, 0.15) is 23.0 Å². The fraction of sp³-hybridized carbons (Fsp3) is 0.400. The van der Waals surface area contributed by atoms with Gasteiger partial charge in [-0.15, -0.1) is 0 Å². The van der Waals surface area contributed by atoms with Crippen LogP contribution < -0.4 is 19.5 Å². The molecule has 112 valence electrons. The lowest BCUT2D eigenvalue weighted by molar-refractivity contribution is 0.323. The first-order valence-corrected chi connectivity index (χ1v) is 6.84. The Morgan fingerprint density at radius 2 is 1.81 bits per heavy atom. The molecular weight excluding hydrogens is 270 g/mol. The van der Waals surface area contributed by atoms with Crippen molar-refractivity contribution in [3.8, 4) is 17.2 Å². The molecule has 2 N–H and O–H groups in total. The van der Waals surface area contributed by atoms with Crippen LogP contribution in [0.3, 0.4) is 0 Å². The summed E-state index contributed by atoms with van der Waals surface area (Å²) in [7, 11) is 4.84. The summed E-state index contributed by atoms with van der Waals surface area (Å²) in [6.45, 7) is 0.899. The molecule has 1 aromatic carbocycles. The van der Waals surface area contributed by atoms with Gasteiger partial charge >= 0.3 is 0 Å². The number of aromatic amines is 1. The number of fused-ring (bicyclic) bond motifs is 1. The summed E-state index contributed by atoms with van der Waals surface area (Å²) in [6, 6.07) is 3.94. The Morgan fingerprint density at radius 1 is 1.10 bits per heavy atom. The van der Waals surface area contributed by atoms with E-state index in [1.807, 2.05) is 12.1 Å². The zero-order valence-electron chi connectivity index (χ0n) is 12.4. The third-order valence-electron chi connectivity index (χ3n) is 3.77. The second-order valence-electron chi connectivity index (χ2n) is 4.86. The van der Waals surface area contributed by atoms with Gasteiger partial charge in [0.05, 0.1) is 39.4 Å². The Hall–Kier alpha value is -2.21. The molecule has 6 heteroatoms. The molecule has 0 aliphatic carbocycles. The number of ether oxygens (including phenoxy) is 3. The Morgan fingerprint density at radius 3 is 2.43 bits per heavy atom. The van der Waals surface area contributed by atoms with E-state index in [9.17, 15) is 0 Å². The van der Waals surface area contributed by atoms with E-state index in [-0.39, 0.29) is 6.04 Å². The monoisotopic (exact) mass is 289 g/mol. The molecule has 1 aliphatic heterocycles. The largest absolute Gasteiger partial charge is 0.493 e. The number of aromatic nitrogens is 2. The average Bonchev–Trinajstić information content (AvgIpc) is 3.01. The number of nitrogens with zero attached hydrogens (tertiary/aromatic N) is 1. The van der Waals surface area contributed by atoms with Gasteiger partial charge in [0.15, 0.2) is 11.5 Å². The van der Waals surface area contributed by atoms with Crippen molar-refractivity contribution in [3.05, 3.63) is 35.4 Å². The maximum absolute atomic E-state index is 5.42. The van der Waals surface area contributed by atoms with Gasteiger partial charge in [-0.05, 0) is 17.7 Å². The van der Waals surface area contributed by atoms with Crippen LogP contribution in [-0.2, 0) is 6.42 Å². The van der Waals surface area contributed by atoms with E-state index in [4.69, 9.17) is 14.2 Å². The van der Waals surface area contributed by atoms with Gasteiger partial charge in [0, 0.05) is 18.7 Å². The summed E-state index contributed by atoms with van der Waals surface area (Å²) in [5.74, 6) is 1.90. The lowest BCUT2D eigenvalue weighted by atomic mass is 9.97. The molecule has 0 radical (unpaired) electrons. The van der Waals surface area contributed by atoms with Crippen molar-refractivity contribution in [2.45, 2.75) is 12.5 Å².